The van der Waals surface area contributed by atoms with Crippen LogP contribution in [0.15, 0.2) is 36.4 Å². The molecule has 1 aliphatic heterocycles. The Balaban J connectivity index is 1.53. The maximum absolute atomic E-state index is 12.7. The van der Waals surface area contributed by atoms with E-state index in [1.54, 1.807) is 26.4 Å². The smallest absolute Gasteiger partial charge is 0.416 e. The minimum atomic E-state index is -4.29. The van der Waals surface area contributed by atoms with Crippen LogP contribution in [-0.2, 0) is 19.1 Å². The second kappa shape index (κ2) is 10.6. The van der Waals surface area contributed by atoms with Crippen LogP contribution in [0, 0.1) is 0 Å². The lowest BCUT2D eigenvalue weighted by Gasteiger charge is -2.35. The van der Waals surface area contributed by atoms with E-state index in [9.17, 15) is 13.2 Å². The number of hydrogen-bond donors (Lipinski definition) is 0. The molecule has 0 bridgehead atoms. The molecule has 0 unspecified atom stereocenters. The summed E-state index contributed by atoms with van der Waals surface area (Å²) in [6.07, 6.45) is -3.39. The molecular formula is C25H33F3N2O2. The van der Waals surface area contributed by atoms with Crippen molar-refractivity contribution in [1.82, 2.24) is 9.80 Å². The first-order valence-electron chi connectivity index (χ1n) is 11.1. The van der Waals surface area contributed by atoms with Gasteiger partial charge in [0.25, 0.3) is 0 Å². The van der Waals surface area contributed by atoms with Crippen LogP contribution in [-0.4, -0.2) is 56.7 Å². The summed E-state index contributed by atoms with van der Waals surface area (Å²) >= 11 is 0. The molecule has 0 aliphatic carbocycles. The summed E-state index contributed by atoms with van der Waals surface area (Å²) in [5.74, 6) is 2.08. The Kier molecular flexibility index (Phi) is 8.06. The zero-order valence-electron chi connectivity index (χ0n) is 19.3. The van der Waals surface area contributed by atoms with Gasteiger partial charge in [-0.15, -0.1) is 0 Å². The summed E-state index contributed by atoms with van der Waals surface area (Å²) in [6, 6.07) is 9.60. The number of rotatable bonds is 8. The van der Waals surface area contributed by atoms with Crippen LogP contribution >= 0.6 is 0 Å². The van der Waals surface area contributed by atoms with Crippen LogP contribution in [0.3, 0.4) is 0 Å². The molecule has 7 heteroatoms. The van der Waals surface area contributed by atoms with Crippen molar-refractivity contribution in [3.8, 4) is 11.5 Å². The molecule has 32 heavy (non-hydrogen) atoms. The number of nitrogens with zero attached hydrogens (tertiary/aromatic N) is 2. The van der Waals surface area contributed by atoms with Gasteiger partial charge in [-0.3, -0.25) is 4.90 Å². The van der Waals surface area contributed by atoms with Gasteiger partial charge in [0.2, 0.25) is 0 Å². The SMILES string of the molecule is COc1ccc(CCN2CCN(Cc3ccc(C(F)(F)F)cc3)CC2)c(OC)c1C(C)C. The minimum Gasteiger partial charge on any atom is -0.496 e. The highest BCUT2D eigenvalue weighted by atomic mass is 19.4. The van der Waals surface area contributed by atoms with Crippen molar-refractivity contribution in [1.29, 1.82) is 0 Å². The van der Waals surface area contributed by atoms with Gasteiger partial charge in [0, 0.05) is 44.8 Å². The summed E-state index contributed by atoms with van der Waals surface area (Å²) in [5, 5.41) is 0. The van der Waals surface area contributed by atoms with Crippen LogP contribution in [0.1, 0.15) is 42.0 Å². The second-order valence-electron chi connectivity index (χ2n) is 8.59. The van der Waals surface area contributed by atoms with E-state index in [4.69, 9.17) is 9.47 Å². The van der Waals surface area contributed by atoms with E-state index in [1.807, 2.05) is 6.07 Å². The van der Waals surface area contributed by atoms with Crippen LogP contribution in [0.5, 0.6) is 11.5 Å². The maximum atomic E-state index is 12.7. The van der Waals surface area contributed by atoms with Gasteiger partial charge in [0.1, 0.15) is 11.5 Å². The average molecular weight is 451 g/mol. The normalized spacial score (nSPS) is 15.9. The van der Waals surface area contributed by atoms with E-state index in [2.05, 4.69) is 29.7 Å². The van der Waals surface area contributed by atoms with Gasteiger partial charge in [-0.25, -0.2) is 0 Å². The second-order valence-corrected chi connectivity index (χ2v) is 8.59. The van der Waals surface area contributed by atoms with Crippen LogP contribution in [0.2, 0.25) is 0 Å². The molecular weight excluding hydrogens is 417 g/mol. The summed E-state index contributed by atoms with van der Waals surface area (Å²) in [5.41, 5.74) is 2.61. The first-order chi connectivity index (χ1) is 15.2. The van der Waals surface area contributed by atoms with Crippen LogP contribution in [0.25, 0.3) is 0 Å². The molecule has 0 N–H and O–H groups in total. The fourth-order valence-corrected chi connectivity index (χ4v) is 4.30. The Labute approximate surface area is 188 Å². The van der Waals surface area contributed by atoms with Gasteiger partial charge in [-0.1, -0.05) is 32.0 Å². The van der Waals surface area contributed by atoms with Gasteiger partial charge in [-0.2, -0.15) is 13.2 Å². The van der Waals surface area contributed by atoms with Gasteiger partial charge in [0.15, 0.2) is 0 Å². The molecule has 2 aromatic carbocycles. The number of benzene rings is 2. The van der Waals surface area contributed by atoms with Gasteiger partial charge in [-0.05, 0) is 41.7 Å². The number of piperazine rings is 1. The number of hydrogen-bond acceptors (Lipinski definition) is 4. The summed E-state index contributed by atoms with van der Waals surface area (Å²) in [7, 11) is 3.40. The number of methoxy groups -OCH3 is 2. The van der Waals surface area contributed by atoms with Gasteiger partial charge in [0.05, 0.1) is 19.8 Å². The molecule has 1 aliphatic rings. The largest absolute Gasteiger partial charge is 0.496 e. The van der Waals surface area contributed by atoms with E-state index in [1.165, 1.54) is 17.7 Å². The molecule has 0 amide bonds. The average Bonchev–Trinajstić information content (AvgIpc) is 2.77. The lowest BCUT2D eigenvalue weighted by Crippen LogP contribution is -2.46. The lowest BCUT2D eigenvalue weighted by molar-refractivity contribution is -0.137. The third-order valence-corrected chi connectivity index (χ3v) is 6.09. The topological polar surface area (TPSA) is 24.9 Å². The predicted octanol–water partition coefficient (Wildman–Crippen LogP) is 5.21. The first kappa shape index (κ1) is 24.4. The van der Waals surface area contributed by atoms with Gasteiger partial charge >= 0.3 is 6.18 Å². The van der Waals surface area contributed by atoms with Crippen molar-refractivity contribution < 1.29 is 22.6 Å². The molecule has 0 saturated carbocycles. The zero-order valence-corrected chi connectivity index (χ0v) is 19.3. The minimum absolute atomic E-state index is 0.300. The molecule has 1 saturated heterocycles. The van der Waals surface area contributed by atoms with E-state index in [-0.39, 0.29) is 0 Å². The van der Waals surface area contributed by atoms with Crippen molar-refractivity contribution in [2.75, 3.05) is 46.9 Å². The van der Waals surface area contributed by atoms with Crippen molar-refractivity contribution in [2.45, 2.75) is 38.9 Å². The standard InChI is InChI=1S/C25H33F3N2O2/c1-18(2)23-22(31-3)10-7-20(24(23)32-4)11-12-29-13-15-30(16-14-29)17-19-5-8-21(9-6-19)25(26,27)28/h5-10,18H,11-17H2,1-4H3. The molecule has 1 heterocycles. The molecule has 0 spiro atoms. The highest BCUT2D eigenvalue weighted by molar-refractivity contribution is 5.52. The fourth-order valence-electron chi connectivity index (χ4n) is 4.30. The van der Waals surface area contributed by atoms with E-state index in [0.717, 1.165) is 61.8 Å². The molecule has 0 atom stereocenters. The Morgan fingerprint density at radius 1 is 0.875 bits per heavy atom. The third kappa shape index (κ3) is 5.95. The molecule has 1 fully saturated rings. The molecule has 0 aromatic heterocycles. The fraction of sp³-hybridized carbons (Fsp3) is 0.520. The number of halogens is 3. The van der Waals surface area contributed by atoms with Crippen LogP contribution in [0.4, 0.5) is 13.2 Å². The third-order valence-electron chi connectivity index (χ3n) is 6.09. The Morgan fingerprint density at radius 3 is 2.03 bits per heavy atom. The number of ether oxygens (including phenoxy) is 2. The summed E-state index contributed by atoms with van der Waals surface area (Å²) in [6.45, 7) is 9.58. The monoisotopic (exact) mass is 450 g/mol. The van der Waals surface area contributed by atoms with Crippen molar-refractivity contribution in [3.05, 3.63) is 58.7 Å². The van der Waals surface area contributed by atoms with Crippen molar-refractivity contribution in [2.24, 2.45) is 0 Å². The Morgan fingerprint density at radius 2 is 1.50 bits per heavy atom. The first-order valence-corrected chi connectivity index (χ1v) is 11.1. The number of alkyl halides is 3. The quantitative estimate of drug-likeness (QED) is 0.552. The molecule has 4 nitrogen and oxygen atoms in total. The highest BCUT2D eigenvalue weighted by Crippen LogP contribution is 2.38. The maximum Gasteiger partial charge on any atom is 0.416 e. The molecule has 2 aromatic rings. The molecule has 176 valence electrons. The van der Waals surface area contributed by atoms with E-state index >= 15 is 0 Å². The highest BCUT2D eigenvalue weighted by Gasteiger charge is 2.30. The van der Waals surface area contributed by atoms with E-state index < -0.39 is 11.7 Å². The summed E-state index contributed by atoms with van der Waals surface area (Å²) < 4.78 is 49.5. The predicted molar refractivity (Wildman–Crippen MR) is 121 cm³/mol. The van der Waals surface area contributed by atoms with Crippen molar-refractivity contribution in [3.63, 3.8) is 0 Å². The zero-order chi connectivity index (χ0) is 23.3. The lowest BCUT2D eigenvalue weighted by atomic mass is 9.96. The Bertz CT molecular complexity index is 874. The van der Waals surface area contributed by atoms with Gasteiger partial charge < -0.3 is 14.4 Å². The Hall–Kier alpha value is -2.25. The molecule has 3 rings (SSSR count). The van der Waals surface area contributed by atoms with E-state index in [0.29, 0.717) is 12.5 Å². The van der Waals surface area contributed by atoms with Crippen LogP contribution < -0.4 is 9.47 Å². The molecule has 0 radical (unpaired) electrons. The van der Waals surface area contributed by atoms with Crippen molar-refractivity contribution >= 4 is 0 Å². The summed E-state index contributed by atoms with van der Waals surface area (Å²) in [4.78, 5) is 4.73.